The number of amides is 2. The van der Waals surface area contributed by atoms with Crippen molar-refractivity contribution in [3.05, 3.63) is 53.6 Å². The van der Waals surface area contributed by atoms with E-state index < -0.39 is 41.1 Å². The van der Waals surface area contributed by atoms with E-state index in [0.29, 0.717) is 30.0 Å². The van der Waals surface area contributed by atoms with Crippen LogP contribution in [0.5, 0.6) is 0 Å². The SMILES string of the molecule is CC[C@@H](CO)N1C(=O)[C@@H]2[C@@H]3C(=O)OCCC/C=C\[C@]3(C)O[C@@]23C=CCN(c2ccc(Cl)cc2)C(=O)C13. The fourth-order valence-corrected chi connectivity index (χ4v) is 6.36. The van der Waals surface area contributed by atoms with Crippen LogP contribution in [0.2, 0.25) is 5.02 Å². The molecule has 1 N–H and O–H groups in total. The highest BCUT2D eigenvalue weighted by Crippen LogP contribution is 2.57. The first kappa shape index (κ1) is 25.0. The van der Waals surface area contributed by atoms with Gasteiger partial charge in [-0.3, -0.25) is 14.4 Å². The van der Waals surface area contributed by atoms with Gasteiger partial charge in [0, 0.05) is 17.3 Å². The Balaban J connectivity index is 1.67. The van der Waals surface area contributed by atoms with Crippen molar-refractivity contribution in [1.82, 2.24) is 4.90 Å². The minimum Gasteiger partial charge on any atom is -0.465 e. The van der Waals surface area contributed by atoms with E-state index in [-0.39, 0.29) is 31.6 Å². The molecule has 1 unspecified atom stereocenters. The van der Waals surface area contributed by atoms with Crippen LogP contribution in [0, 0.1) is 11.8 Å². The summed E-state index contributed by atoms with van der Waals surface area (Å²) in [5, 5.41) is 10.7. The van der Waals surface area contributed by atoms with Crippen molar-refractivity contribution < 1.29 is 29.0 Å². The molecule has 1 aromatic carbocycles. The number of carbonyl (C=O) groups is 3. The van der Waals surface area contributed by atoms with E-state index in [1.54, 1.807) is 42.2 Å². The molecule has 0 radical (unpaired) electrons. The second-order valence-corrected chi connectivity index (χ2v) is 10.5. The van der Waals surface area contributed by atoms with E-state index in [1.165, 1.54) is 4.90 Å². The van der Waals surface area contributed by atoms with Crippen LogP contribution in [0.3, 0.4) is 0 Å². The number of cyclic esters (lactones) is 1. The van der Waals surface area contributed by atoms with Gasteiger partial charge in [0.2, 0.25) is 5.91 Å². The molecule has 4 aliphatic heterocycles. The van der Waals surface area contributed by atoms with E-state index in [1.807, 2.05) is 25.2 Å². The number of benzene rings is 1. The lowest BCUT2D eigenvalue weighted by molar-refractivity contribution is -0.159. The first-order valence-corrected chi connectivity index (χ1v) is 12.9. The van der Waals surface area contributed by atoms with Gasteiger partial charge in [0.1, 0.15) is 17.6 Å². The molecule has 1 aromatic rings. The molecule has 36 heavy (non-hydrogen) atoms. The summed E-state index contributed by atoms with van der Waals surface area (Å²) in [6, 6.07) is 5.25. The fraction of sp³-hybridized carbons (Fsp3) is 0.519. The highest BCUT2D eigenvalue weighted by atomic mass is 35.5. The van der Waals surface area contributed by atoms with Crippen LogP contribution in [0.15, 0.2) is 48.6 Å². The third-order valence-electron chi connectivity index (χ3n) is 7.90. The largest absolute Gasteiger partial charge is 0.465 e. The third kappa shape index (κ3) is 3.69. The molecule has 192 valence electrons. The molecule has 0 aliphatic carbocycles. The summed E-state index contributed by atoms with van der Waals surface area (Å²) in [4.78, 5) is 44.9. The fourth-order valence-electron chi connectivity index (χ4n) is 6.23. The molecule has 2 saturated heterocycles. The number of rotatable bonds is 4. The number of hydrogen-bond acceptors (Lipinski definition) is 6. The number of fused-ring (bicyclic) bond motifs is 2. The first-order chi connectivity index (χ1) is 17.3. The monoisotopic (exact) mass is 514 g/mol. The van der Waals surface area contributed by atoms with E-state index in [9.17, 15) is 19.5 Å². The molecule has 0 bridgehead atoms. The van der Waals surface area contributed by atoms with Gasteiger partial charge in [-0.15, -0.1) is 0 Å². The Bertz CT molecular complexity index is 1120. The summed E-state index contributed by atoms with van der Waals surface area (Å²) in [7, 11) is 0. The summed E-state index contributed by atoms with van der Waals surface area (Å²) in [6.45, 7) is 3.83. The zero-order valence-corrected chi connectivity index (χ0v) is 21.2. The molecule has 6 atom stereocenters. The lowest BCUT2D eigenvalue weighted by Gasteiger charge is -2.40. The Kier molecular flexibility index (Phi) is 6.47. The highest BCUT2D eigenvalue weighted by Gasteiger charge is 2.75. The van der Waals surface area contributed by atoms with Crippen molar-refractivity contribution in [2.45, 2.75) is 56.4 Å². The number of nitrogens with zero attached hydrogens (tertiary/aromatic N) is 2. The van der Waals surface area contributed by atoms with Crippen LogP contribution in [0.4, 0.5) is 5.69 Å². The maximum atomic E-state index is 14.3. The molecule has 0 aromatic heterocycles. The normalized spacial score (nSPS) is 35.7. The quantitative estimate of drug-likeness (QED) is 0.490. The molecule has 8 nitrogen and oxygen atoms in total. The maximum Gasteiger partial charge on any atom is 0.313 e. The Morgan fingerprint density at radius 1 is 1.11 bits per heavy atom. The molecular formula is C27H31ClN2O6. The lowest BCUT2D eigenvalue weighted by atomic mass is 9.74. The predicted molar refractivity (Wildman–Crippen MR) is 133 cm³/mol. The summed E-state index contributed by atoms with van der Waals surface area (Å²) < 4.78 is 12.3. The van der Waals surface area contributed by atoms with Gasteiger partial charge in [-0.05, 0) is 50.5 Å². The second-order valence-electron chi connectivity index (χ2n) is 10.0. The number of carbonyl (C=O) groups excluding carboxylic acids is 3. The number of anilines is 1. The molecule has 0 saturated carbocycles. The van der Waals surface area contributed by atoms with Gasteiger partial charge in [-0.2, -0.15) is 0 Å². The first-order valence-electron chi connectivity index (χ1n) is 12.5. The van der Waals surface area contributed by atoms with Crippen LogP contribution in [0.1, 0.15) is 33.1 Å². The van der Waals surface area contributed by atoms with Crippen molar-refractivity contribution >= 4 is 35.1 Å². The average molecular weight is 515 g/mol. The van der Waals surface area contributed by atoms with Gasteiger partial charge in [0.25, 0.3) is 5.91 Å². The van der Waals surface area contributed by atoms with E-state index >= 15 is 0 Å². The lowest BCUT2D eigenvalue weighted by Crippen LogP contribution is -2.58. The van der Waals surface area contributed by atoms with Crippen LogP contribution in [-0.4, -0.2) is 70.8 Å². The van der Waals surface area contributed by atoms with Gasteiger partial charge in [0.05, 0.1) is 30.8 Å². The smallest absolute Gasteiger partial charge is 0.313 e. The zero-order chi connectivity index (χ0) is 25.7. The number of halogens is 1. The molecule has 9 heteroatoms. The van der Waals surface area contributed by atoms with Gasteiger partial charge in [0.15, 0.2) is 0 Å². The average Bonchev–Trinajstić information content (AvgIpc) is 3.21. The van der Waals surface area contributed by atoms with Gasteiger partial charge in [-0.1, -0.05) is 42.8 Å². The highest BCUT2D eigenvalue weighted by molar-refractivity contribution is 6.30. The van der Waals surface area contributed by atoms with Crippen LogP contribution < -0.4 is 4.90 Å². The zero-order valence-electron chi connectivity index (χ0n) is 20.4. The Labute approximate surface area is 215 Å². The Morgan fingerprint density at radius 2 is 1.86 bits per heavy atom. The number of allylic oxidation sites excluding steroid dienone is 1. The predicted octanol–water partition coefficient (Wildman–Crippen LogP) is 2.88. The molecule has 2 fully saturated rings. The minimum atomic E-state index is -1.39. The summed E-state index contributed by atoms with van der Waals surface area (Å²) >= 11 is 6.07. The van der Waals surface area contributed by atoms with Crippen LogP contribution in [-0.2, 0) is 23.9 Å². The van der Waals surface area contributed by atoms with Crippen molar-refractivity contribution in [1.29, 1.82) is 0 Å². The van der Waals surface area contributed by atoms with Crippen molar-refractivity contribution in [2.75, 3.05) is 24.7 Å². The summed E-state index contributed by atoms with van der Waals surface area (Å²) in [5.74, 6) is -3.11. The van der Waals surface area contributed by atoms with Crippen molar-refractivity contribution in [2.24, 2.45) is 11.8 Å². The number of aliphatic hydroxyl groups excluding tert-OH is 1. The topological polar surface area (TPSA) is 96.4 Å². The Hall–Kier alpha value is -2.68. The Morgan fingerprint density at radius 3 is 2.56 bits per heavy atom. The molecular weight excluding hydrogens is 484 g/mol. The standard InChI is InChI=1S/C27H31ClN2O6/c1-3-18(16-31)30-22-24(33)29(19-10-8-17(28)9-11-19)14-7-13-27(22)20(23(30)32)21-25(34)35-15-6-4-5-12-26(21,2)36-27/h5,7-13,18,20-22,31H,3-4,6,14-16H2,1-2H3/b12-5-/t18-,20-,21+,22?,26-,27-/m0/s1. The van der Waals surface area contributed by atoms with Gasteiger partial charge < -0.3 is 24.4 Å². The van der Waals surface area contributed by atoms with E-state index in [4.69, 9.17) is 21.1 Å². The number of esters is 1. The molecule has 4 aliphatic rings. The molecule has 1 spiro atoms. The summed E-state index contributed by atoms with van der Waals surface area (Å²) in [5.41, 5.74) is -1.89. The third-order valence-corrected chi connectivity index (χ3v) is 8.15. The number of hydrogen-bond donors (Lipinski definition) is 1. The van der Waals surface area contributed by atoms with Crippen molar-refractivity contribution in [3.63, 3.8) is 0 Å². The van der Waals surface area contributed by atoms with Crippen LogP contribution >= 0.6 is 11.6 Å². The molecule has 2 amide bonds. The maximum absolute atomic E-state index is 14.3. The van der Waals surface area contributed by atoms with Gasteiger partial charge in [-0.25, -0.2) is 0 Å². The second kappa shape index (κ2) is 9.32. The molecule has 5 rings (SSSR count). The molecule has 4 heterocycles. The van der Waals surface area contributed by atoms with E-state index in [2.05, 4.69) is 0 Å². The van der Waals surface area contributed by atoms with Gasteiger partial charge >= 0.3 is 5.97 Å². The van der Waals surface area contributed by atoms with Crippen molar-refractivity contribution in [3.8, 4) is 0 Å². The number of aliphatic hydroxyl groups is 1. The summed E-state index contributed by atoms with van der Waals surface area (Å²) in [6.07, 6.45) is 9.22. The number of ether oxygens (including phenoxy) is 2. The number of likely N-dealkylation sites (tertiary alicyclic amines) is 1. The van der Waals surface area contributed by atoms with Crippen LogP contribution in [0.25, 0.3) is 0 Å². The van der Waals surface area contributed by atoms with E-state index in [0.717, 1.165) is 0 Å². The minimum absolute atomic E-state index is 0.254.